The summed E-state index contributed by atoms with van der Waals surface area (Å²) in [4.78, 5) is 4.41. The average molecular weight is 236 g/mol. The Kier molecular flexibility index (Phi) is 5.30. The SMILES string of the molecule is CCCSc1nc(C)cc(COC)c1C#N. The highest BCUT2D eigenvalue weighted by atomic mass is 32.2. The van der Waals surface area contributed by atoms with E-state index in [1.165, 1.54) is 0 Å². The average Bonchev–Trinajstić information content (AvgIpc) is 2.26. The Morgan fingerprint density at radius 2 is 2.31 bits per heavy atom. The lowest BCUT2D eigenvalue weighted by Crippen LogP contribution is -1.99. The summed E-state index contributed by atoms with van der Waals surface area (Å²) in [6.07, 6.45) is 1.07. The minimum Gasteiger partial charge on any atom is -0.380 e. The fourth-order valence-electron chi connectivity index (χ4n) is 1.40. The molecule has 3 nitrogen and oxygen atoms in total. The quantitative estimate of drug-likeness (QED) is 0.737. The van der Waals surface area contributed by atoms with Crippen molar-refractivity contribution in [2.75, 3.05) is 12.9 Å². The number of methoxy groups -OCH3 is 1. The minimum absolute atomic E-state index is 0.464. The lowest BCUT2D eigenvalue weighted by Gasteiger charge is -2.09. The largest absolute Gasteiger partial charge is 0.380 e. The van der Waals surface area contributed by atoms with Crippen molar-refractivity contribution < 1.29 is 4.74 Å². The Morgan fingerprint density at radius 3 is 2.88 bits per heavy atom. The number of hydrogen-bond donors (Lipinski definition) is 0. The van der Waals surface area contributed by atoms with Gasteiger partial charge in [0.2, 0.25) is 0 Å². The van der Waals surface area contributed by atoms with E-state index in [4.69, 9.17) is 10.00 Å². The van der Waals surface area contributed by atoms with Crippen molar-refractivity contribution in [2.24, 2.45) is 0 Å². The van der Waals surface area contributed by atoms with Gasteiger partial charge < -0.3 is 4.74 Å². The molecule has 16 heavy (non-hydrogen) atoms. The van der Waals surface area contributed by atoms with E-state index in [1.54, 1.807) is 18.9 Å². The summed E-state index contributed by atoms with van der Waals surface area (Å²) in [6, 6.07) is 4.14. The van der Waals surface area contributed by atoms with E-state index in [0.717, 1.165) is 28.5 Å². The number of aryl methyl sites for hydroxylation is 1. The molecular formula is C12H16N2OS. The summed E-state index contributed by atoms with van der Waals surface area (Å²) in [7, 11) is 1.63. The summed E-state index contributed by atoms with van der Waals surface area (Å²) in [6.45, 7) is 4.52. The second-order valence-corrected chi connectivity index (χ2v) is 4.58. The predicted octanol–water partition coefficient (Wildman–Crippen LogP) is 2.91. The molecule has 0 saturated heterocycles. The Morgan fingerprint density at radius 1 is 1.56 bits per heavy atom. The highest BCUT2D eigenvalue weighted by molar-refractivity contribution is 7.99. The fraction of sp³-hybridized carbons (Fsp3) is 0.500. The zero-order chi connectivity index (χ0) is 12.0. The lowest BCUT2D eigenvalue weighted by molar-refractivity contribution is 0.184. The van der Waals surface area contributed by atoms with Crippen molar-refractivity contribution >= 4 is 11.8 Å². The van der Waals surface area contributed by atoms with Gasteiger partial charge in [0.25, 0.3) is 0 Å². The summed E-state index contributed by atoms with van der Waals surface area (Å²) < 4.78 is 5.10. The molecule has 1 aromatic heterocycles. The second-order valence-electron chi connectivity index (χ2n) is 3.50. The molecule has 1 heterocycles. The number of rotatable bonds is 5. The molecule has 0 spiro atoms. The highest BCUT2D eigenvalue weighted by Crippen LogP contribution is 2.24. The molecule has 0 aliphatic carbocycles. The van der Waals surface area contributed by atoms with Crippen LogP contribution in [0.3, 0.4) is 0 Å². The van der Waals surface area contributed by atoms with Crippen LogP contribution in [0.25, 0.3) is 0 Å². The maximum atomic E-state index is 9.16. The van der Waals surface area contributed by atoms with Gasteiger partial charge in [0.15, 0.2) is 0 Å². The number of thioether (sulfide) groups is 1. The highest BCUT2D eigenvalue weighted by Gasteiger charge is 2.11. The van der Waals surface area contributed by atoms with Crippen molar-refractivity contribution in [3.63, 3.8) is 0 Å². The number of aromatic nitrogens is 1. The maximum Gasteiger partial charge on any atom is 0.114 e. The number of nitrogens with zero attached hydrogens (tertiary/aromatic N) is 2. The molecular weight excluding hydrogens is 220 g/mol. The van der Waals surface area contributed by atoms with Crippen LogP contribution in [0.15, 0.2) is 11.1 Å². The van der Waals surface area contributed by atoms with Crippen LogP contribution < -0.4 is 0 Å². The van der Waals surface area contributed by atoms with E-state index in [0.29, 0.717) is 12.2 Å². The van der Waals surface area contributed by atoms with Crippen LogP contribution in [0.2, 0.25) is 0 Å². The molecule has 0 unspecified atom stereocenters. The first-order valence-electron chi connectivity index (χ1n) is 5.25. The Bertz CT molecular complexity index is 399. The topological polar surface area (TPSA) is 45.9 Å². The molecule has 0 saturated carbocycles. The van der Waals surface area contributed by atoms with Crippen molar-refractivity contribution in [1.82, 2.24) is 4.98 Å². The van der Waals surface area contributed by atoms with Crippen molar-refractivity contribution in [2.45, 2.75) is 31.9 Å². The minimum atomic E-state index is 0.464. The van der Waals surface area contributed by atoms with E-state index >= 15 is 0 Å². The number of hydrogen-bond acceptors (Lipinski definition) is 4. The molecule has 1 rings (SSSR count). The monoisotopic (exact) mass is 236 g/mol. The van der Waals surface area contributed by atoms with Gasteiger partial charge in [-0.15, -0.1) is 11.8 Å². The lowest BCUT2D eigenvalue weighted by atomic mass is 10.1. The van der Waals surface area contributed by atoms with Gasteiger partial charge in [-0.3, -0.25) is 0 Å². The van der Waals surface area contributed by atoms with E-state index in [1.807, 2.05) is 13.0 Å². The first-order chi connectivity index (χ1) is 7.72. The number of ether oxygens (including phenoxy) is 1. The summed E-state index contributed by atoms with van der Waals surface area (Å²) in [5, 5.41) is 9.99. The number of nitriles is 1. The molecule has 0 fully saturated rings. The summed E-state index contributed by atoms with van der Waals surface area (Å²) in [5.41, 5.74) is 2.52. The van der Waals surface area contributed by atoms with Crippen LogP contribution in [-0.2, 0) is 11.3 Å². The smallest absolute Gasteiger partial charge is 0.114 e. The van der Waals surface area contributed by atoms with E-state index in [-0.39, 0.29) is 0 Å². The third kappa shape index (κ3) is 3.22. The van der Waals surface area contributed by atoms with Crippen LogP contribution in [0, 0.1) is 18.3 Å². The normalized spacial score (nSPS) is 10.1. The van der Waals surface area contributed by atoms with Crippen LogP contribution >= 0.6 is 11.8 Å². The van der Waals surface area contributed by atoms with E-state index in [9.17, 15) is 0 Å². The molecule has 0 aromatic carbocycles. The molecule has 4 heteroatoms. The van der Waals surface area contributed by atoms with Gasteiger partial charge >= 0.3 is 0 Å². The first-order valence-corrected chi connectivity index (χ1v) is 6.23. The van der Waals surface area contributed by atoms with Gasteiger partial charge in [0.05, 0.1) is 12.2 Å². The Labute approximate surface area is 101 Å². The molecule has 0 atom stereocenters. The second kappa shape index (κ2) is 6.51. The van der Waals surface area contributed by atoms with Gasteiger partial charge in [0, 0.05) is 12.8 Å². The molecule has 0 radical (unpaired) electrons. The Hall–Kier alpha value is -1.05. The standard InChI is InChI=1S/C12H16N2OS/c1-4-5-16-12-11(7-13)10(8-15-3)6-9(2)14-12/h6H,4-5,8H2,1-3H3. The molecule has 0 aliphatic heterocycles. The van der Waals surface area contributed by atoms with Crippen LogP contribution in [0.5, 0.6) is 0 Å². The molecule has 86 valence electrons. The van der Waals surface area contributed by atoms with Gasteiger partial charge in [-0.25, -0.2) is 4.98 Å². The molecule has 0 amide bonds. The first kappa shape index (κ1) is 13.0. The zero-order valence-electron chi connectivity index (χ0n) is 9.91. The zero-order valence-corrected chi connectivity index (χ0v) is 10.7. The van der Waals surface area contributed by atoms with Crippen LogP contribution in [0.4, 0.5) is 0 Å². The fourth-order valence-corrected chi connectivity index (χ4v) is 2.33. The van der Waals surface area contributed by atoms with Gasteiger partial charge in [-0.05, 0) is 30.7 Å². The molecule has 0 aliphatic rings. The van der Waals surface area contributed by atoms with Crippen molar-refractivity contribution in [3.8, 4) is 6.07 Å². The van der Waals surface area contributed by atoms with Crippen LogP contribution in [0.1, 0.15) is 30.2 Å². The predicted molar refractivity (Wildman–Crippen MR) is 65.4 cm³/mol. The molecule has 0 bridgehead atoms. The van der Waals surface area contributed by atoms with Gasteiger partial charge in [-0.2, -0.15) is 5.26 Å². The maximum absolute atomic E-state index is 9.16. The Balaban J connectivity index is 3.10. The molecule has 1 aromatic rings. The van der Waals surface area contributed by atoms with Crippen molar-refractivity contribution in [1.29, 1.82) is 5.26 Å². The van der Waals surface area contributed by atoms with Gasteiger partial charge in [0.1, 0.15) is 11.1 Å². The third-order valence-corrected chi connectivity index (χ3v) is 3.23. The summed E-state index contributed by atoms with van der Waals surface area (Å²) >= 11 is 1.64. The van der Waals surface area contributed by atoms with Crippen LogP contribution in [-0.4, -0.2) is 17.8 Å². The van der Waals surface area contributed by atoms with E-state index < -0.39 is 0 Å². The summed E-state index contributed by atoms with van der Waals surface area (Å²) in [5.74, 6) is 0.984. The molecule has 0 N–H and O–H groups in total. The number of pyridine rings is 1. The third-order valence-electron chi connectivity index (χ3n) is 2.05. The van der Waals surface area contributed by atoms with Gasteiger partial charge in [-0.1, -0.05) is 6.92 Å². The van der Waals surface area contributed by atoms with E-state index in [2.05, 4.69) is 18.0 Å². The van der Waals surface area contributed by atoms with Crippen molar-refractivity contribution in [3.05, 3.63) is 22.9 Å².